The van der Waals surface area contributed by atoms with Crippen molar-refractivity contribution < 1.29 is 9.72 Å². The molecule has 20 heavy (non-hydrogen) atoms. The third kappa shape index (κ3) is 2.72. The third-order valence-electron chi connectivity index (χ3n) is 2.95. The second kappa shape index (κ2) is 5.46. The summed E-state index contributed by atoms with van der Waals surface area (Å²) in [5.74, 6) is -0.318. The highest BCUT2D eigenvalue weighted by Crippen LogP contribution is 2.25. The maximum atomic E-state index is 12.2. The van der Waals surface area contributed by atoms with Gasteiger partial charge in [-0.25, -0.2) is 0 Å². The first kappa shape index (κ1) is 14.3. The topological polar surface area (TPSA) is 77.2 Å². The van der Waals surface area contributed by atoms with Crippen molar-refractivity contribution in [3.05, 3.63) is 56.3 Å². The molecule has 2 aromatic rings. The molecular formula is C13H12BrN3O3. The van der Waals surface area contributed by atoms with Crippen molar-refractivity contribution in [3.63, 3.8) is 0 Å². The van der Waals surface area contributed by atoms with Crippen LogP contribution in [0, 0.1) is 17.0 Å². The first-order valence-corrected chi connectivity index (χ1v) is 6.56. The molecule has 0 spiro atoms. The average Bonchev–Trinajstić information content (AvgIpc) is 2.70. The summed E-state index contributed by atoms with van der Waals surface area (Å²) in [4.78, 5) is 22.6. The summed E-state index contributed by atoms with van der Waals surface area (Å²) < 4.78 is 2.47. The second-order valence-electron chi connectivity index (χ2n) is 4.32. The van der Waals surface area contributed by atoms with Crippen molar-refractivity contribution in [2.75, 3.05) is 5.32 Å². The molecule has 0 aliphatic heterocycles. The smallest absolute Gasteiger partial charge is 0.274 e. The van der Waals surface area contributed by atoms with E-state index in [1.54, 1.807) is 42.9 Å². The Morgan fingerprint density at radius 1 is 1.45 bits per heavy atom. The van der Waals surface area contributed by atoms with Crippen molar-refractivity contribution in [1.29, 1.82) is 0 Å². The van der Waals surface area contributed by atoms with Gasteiger partial charge in [0.25, 0.3) is 11.6 Å². The number of benzene rings is 1. The summed E-state index contributed by atoms with van der Waals surface area (Å²) in [7, 11) is 1.75. The summed E-state index contributed by atoms with van der Waals surface area (Å²) in [6, 6.07) is 6.27. The molecule has 1 heterocycles. The normalized spacial score (nSPS) is 10.3. The highest BCUT2D eigenvalue weighted by Gasteiger charge is 2.17. The van der Waals surface area contributed by atoms with E-state index in [1.807, 2.05) is 0 Å². The summed E-state index contributed by atoms with van der Waals surface area (Å²) in [5.41, 5.74) is 1.30. The molecule has 1 aromatic carbocycles. The lowest BCUT2D eigenvalue weighted by molar-refractivity contribution is -0.385. The maximum absolute atomic E-state index is 12.2. The fourth-order valence-corrected chi connectivity index (χ4v) is 2.42. The second-order valence-corrected chi connectivity index (χ2v) is 5.23. The van der Waals surface area contributed by atoms with Gasteiger partial charge in [-0.1, -0.05) is 6.07 Å². The number of halogens is 1. The van der Waals surface area contributed by atoms with Gasteiger partial charge in [-0.15, -0.1) is 0 Å². The average molecular weight is 338 g/mol. The van der Waals surface area contributed by atoms with Gasteiger partial charge in [0.2, 0.25) is 0 Å². The Bertz CT molecular complexity index is 694. The summed E-state index contributed by atoms with van der Waals surface area (Å²) in [6.45, 7) is 1.61. The van der Waals surface area contributed by atoms with Crippen LogP contribution in [0.4, 0.5) is 11.4 Å². The molecule has 0 unspecified atom stereocenters. The molecule has 6 nitrogen and oxygen atoms in total. The van der Waals surface area contributed by atoms with Crippen LogP contribution in [0.2, 0.25) is 0 Å². The predicted molar refractivity (Wildman–Crippen MR) is 78.9 cm³/mol. The number of nitro groups is 1. The zero-order chi connectivity index (χ0) is 14.9. The number of hydrogen-bond donors (Lipinski definition) is 1. The molecule has 1 amide bonds. The molecule has 0 aliphatic rings. The number of carbonyl (C=O) groups is 1. The van der Waals surface area contributed by atoms with Crippen molar-refractivity contribution >= 4 is 33.2 Å². The lowest BCUT2D eigenvalue weighted by Crippen LogP contribution is -2.16. The van der Waals surface area contributed by atoms with Crippen molar-refractivity contribution in [1.82, 2.24) is 4.57 Å². The molecule has 0 saturated carbocycles. The van der Waals surface area contributed by atoms with Gasteiger partial charge in [0, 0.05) is 23.8 Å². The molecule has 0 saturated heterocycles. The van der Waals surface area contributed by atoms with E-state index in [4.69, 9.17) is 0 Å². The molecule has 2 rings (SSSR count). The van der Waals surface area contributed by atoms with Crippen LogP contribution in [0.3, 0.4) is 0 Å². The predicted octanol–water partition coefficient (Wildman–Crippen LogP) is 3.26. The number of nitrogens with one attached hydrogen (secondary N) is 1. The molecule has 1 N–H and O–H groups in total. The van der Waals surface area contributed by atoms with Gasteiger partial charge in [0.05, 0.1) is 16.2 Å². The Kier molecular flexibility index (Phi) is 3.89. The van der Waals surface area contributed by atoms with Crippen LogP contribution in [0.5, 0.6) is 0 Å². The number of nitrogens with zero attached hydrogens (tertiary/aromatic N) is 2. The third-order valence-corrected chi connectivity index (χ3v) is 3.39. The first-order chi connectivity index (χ1) is 9.40. The van der Waals surface area contributed by atoms with Gasteiger partial charge in [0.1, 0.15) is 5.69 Å². The Morgan fingerprint density at radius 2 is 2.15 bits per heavy atom. The quantitative estimate of drug-likeness (QED) is 0.689. The number of nitro benzene ring substituents is 1. The van der Waals surface area contributed by atoms with Crippen LogP contribution in [0.15, 0.2) is 34.9 Å². The van der Waals surface area contributed by atoms with Crippen LogP contribution in [0.25, 0.3) is 0 Å². The minimum atomic E-state index is -0.468. The van der Waals surface area contributed by atoms with Crippen LogP contribution >= 0.6 is 15.9 Å². The van der Waals surface area contributed by atoms with E-state index in [9.17, 15) is 14.9 Å². The largest absolute Gasteiger partial charge is 0.345 e. The maximum Gasteiger partial charge on any atom is 0.274 e. The molecule has 104 valence electrons. The van der Waals surface area contributed by atoms with Crippen LogP contribution in [-0.2, 0) is 7.05 Å². The minimum absolute atomic E-state index is 0.0177. The van der Waals surface area contributed by atoms with Crippen molar-refractivity contribution in [2.45, 2.75) is 6.92 Å². The fourth-order valence-electron chi connectivity index (χ4n) is 1.89. The molecule has 0 atom stereocenters. The van der Waals surface area contributed by atoms with Gasteiger partial charge in [0.15, 0.2) is 0 Å². The van der Waals surface area contributed by atoms with E-state index >= 15 is 0 Å². The molecule has 7 heteroatoms. The van der Waals surface area contributed by atoms with E-state index in [0.717, 1.165) is 4.47 Å². The van der Waals surface area contributed by atoms with Gasteiger partial charge in [-0.05, 0) is 35.0 Å². The number of aryl methyl sites for hydroxylation is 1. The van der Waals surface area contributed by atoms with E-state index < -0.39 is 4.92 Å². The van der Waals surface area contributed by atoms with Gasteiger partial charge in [-0.2, -0.15) is 0 Å². The molecule has 0 aliphatic carbocycles. The van der Waals surface area contributed by atoms with E-state index in [0.29, 0.717) is 16.9 Å². The molecule has 0 fully saturated rings. The number of carbonyl (C=O) groups excluding carboxylic acids is 1. The molecule has 0 radical (unpaired) electrons. The Labute approximate surface area is 123 Å². The summed E-state index contributed by atoms with van der Waals surface area (Å²) in [5, 5.41) is 13.6. The molecule has 1 aromatic heterocycles. The lowest BCUT2D eigenvalue weighted by atomic mass is 10.1. The van der Waals surface area contributed by atoms with Crippen LogP contribution in [-0.4, -0.2) is 15.4 Å². The SMILES string of the molecule is Cc1c(NC(=O)c2cc(Br)cn2C)cccc1[N+](=O)[O-]. The monoisotopic (exact) mass is 337 g/mol. The Morgan fingerprint density at radius 3 is 2.70 bits per heavy atom. The first-order valence-electron chi connectivity index (χ1n) is 5.77. The number of rotatable bonds is 3. The van der Waals surface area contributed by atoms with E-state index in [1.165, 1.54) is 6.07 Å². The zero-order valence-corrected chi connectivity index (χ0v) is 12.5. The highest BCUT2D eigenvalue weighted by atomic mass is 79.9. The number of amides is 1. The van der Waals surface area contributed by atoms with E-state index in [-0.39, 0.29) is 11.6 Å². The summed E-state index contributed by atoms with van der Waals surface area (Å²) >= 11 is 3.29. The summed E-state index contributed by atoms with van der Waals surface area (Å²) in [6.07, 6.45) is 1.76. The standard InChI is InChI=1S/C13H12BrN3O3/c1-8-10(4-3-5-11(8)17(19)20)15-13(18)12-6-9(14)7-16(12)2/h3-7H,1-2H3,(H,15,18). The minimum Gasteiger partial charge on any atom is -0.345 e. The van der Waals surface area contributed by atoms with Gasteiger partial charge in [-0.3, -0.25) is 14.9 Å². The van der Waals surface area contributed by atoms with Crippen molar-refractivity contribution in [3.8, 4) is 0 Å². The zero-order valence-electron chi connectivity index (χ0n) is 10.9. The van der Waals surface area contributed by atoms with E-state index in [2.05, 4.69) is 21.2 Å². The Balaban J connectivity index is 2.31. The van der Waals surface area contributed by atoms with Crippen LogP contribution < -0.4 is 5.32 Å². The fraction of sp³-hybridized carbons (Fsp3) is 0.154. The number of anilines is 1. The van der Waals surface area contributed by atoms with Crippen molar-refractivity contribution in [2.24, 2.45) is 7.05 Å². The lowest BCUT2D eigenvalue weighted by Gasteiger charge is -2.09. The molecule has 0 bridgehead atoms. The van der Waals surface area contributed by atoms with Gasteiger partial charge >= 0.3 is 0 Å². The highest BCUT2D eigenvalue weighted by molar-refractivity contribution is 9.10. The van der Waals surface area contributed by atoms with Gasteiger partial charge < -0.3 is 9.88 Å². The Hall–Kier alpha value is -2.15. The number of hydrogen-bond acceptors (Lipinski definition) is 3. The van der Waals surface area contributed by atoms with Crippen LogP contribution in [0.1, 0.15) is 16.1 Å². The molecular weight excluding hydrogens is 326 g/mol. The number of aromatic nitrogens is 1.